The number of rotatable bonds is 7. The molecular formula is C18H22N2O2. The van der Waals surface area contributed by atoms with Gasteiger partial charge < -0.3 is 15.4 Å². The maximum absolute atomic E-state index is 11.9. The molecule has 0 bridgehead atoms. The minimum Gasteiger partial charge on any atom is -0.491 e. The van der Waals surface area contributed by atoms with Gasteiger partial charge in [0.2, 0.25) is 5.91 Å². The highest BCUT2D eigenvalue weighted by molar-refractivity contribution is 5.91. The van der Waals surface area contributed by atoms with E-state index in [1.807, 2.05) is 68.4 Å². The summed E-state index contributed by atoms with van der Waals surface area (Å²) in [5.74, 6) is 0.791. The first-order valence-corrected chi connectivity index (χ1v) is 7.49. The number of anilines is 2. The molecule has 0 aliphatic carbocycles. The van der Waals surface area contributed by atoms with Crippen molar-refractivity contribution in [1.29, 1.82) is 0 Å². The van der Waals surface area contributed by atoms with E-state index in [0.717, 1.165) is 17.1 Å². The Bertz CT molecular complexity index is 580. The molecule has 0 aliphatic heterocycles. The largest absolute Gasteiger partial charge is 0.491 e. The third kappa shape index (κ3) is 5.48. The van der Waals surface area contributed by atoms with Crippen LogP contribution in [-0.4, -0.2) is 18.6 Å². The van der Waals surface area contributed by atoms with Crippen molar-refractivity contribution in [2.45, 2.75) is 26.4 Å². The van der Waals surface area contributed by atoms with Crippen LogP contribution in [-0.2, 0) is 4.79 Å². The lowest BCUT2D eigenvalue weighted by Crippen LogP contribution is -2.16. The van der Waals surface area contributed by atoms with Gasteiger partial charge in [0.25, 0.3) is 0 Å². The summed E-state index contributed by atoms with van der Waals surface area (Å²) in [7, 11) is 0. The molecule has 4 heteroatoms. The van der Waals surface area contributed by atoms with Gasteiger partial charge in [-0.25, -0.2) is 0 Å². The van der Waals surface area contributed by atoms with E-state index in [-0.39, 0.29) is 12.0 Å². The summed E-state index contributed by atoms with van der Waals surface area (Å²) in [6.45, 7) is 4.56. The molecule has 0 aromatic heterocycles. The molecule has 4 nitrogen and oxygen atoms in total. The van der Waals surface area contributed by atoms with Gasteiger partial charge in [-0.15, -0.1) is 0 Å². The number of benzene rings is 2. The second-order valence-corrected chi connectivity index (χ2v) is 5.28. The second-order valence-electron chi connectivity index (χ2n) is 5.28. The summed E-state index contributed by atoms with van der Waals surface area (Å²) in [5, 5.41) is 6.09. The number of nitrogens with one attached hydrogen (secondary N) is 2. The molecule has 0 spiro atoms. The summed E-state index contributed by atoms with van der Waals surface area (Å²) in [6.07, 6.45) is 0.559. The van der Waals surface area contributed by atoms with E-state index in [0.29, 0.717) is 13.0 Å². The molecule has 0 fully saturated rings. The van der Waals surface area contributed by atoms with Crippen molar-refractivity contribution in [2.24, 2.45) is 0 Å². The molecule has 2 N–H and O–H groups in total. The average molecular weight is 298 g/mol. The fraction of sp³-hybridized carbons (Fsp3) is 0.278. The van der Waals surface area contributed by atoms with Crippen molar-refractivity contribution in [3.8, 4) is 5.75 Å². The molecule has 2 aromatic carbocycles. The summed E-state index contributed by atoms with van der Waals surface area (Å²) in [6, 6.07) is 17.3. The van der Waals surface area contributed by atoms with Gasteiger partial charge in [-0.2, -0.15) is 0 Å². The normalized spacial score (nSPS) is 10.3. The second kappa shape index (κ2) is 8.08. The molecule has 1 amide bonds. The Hall–Kier alpha value is -2.49. The average Bonchev–Trinajstić information content (AvgIpc) is 2.50. The fourth-order valence-electron chi connectivity index (χ4n) is 1.99. The van der Waals surface area contributed by atoms with Crippen LogP contribution >= 0.6 is 0 Å². The molecule has 0 saturated heterocycles. The monoisotopic (exact) mass is 298 g/mol. The fourth-order valence-corrected chi connectivity index (χ4v) is 1.99. The van der Waals surface area contributed by atoms with Crippen LogP contribution in [0.4, 0.5) is 11.4 Å². The van der Waals surface area contributed by atoms with E-state index in [4.69, 9.17) is 4.74 Å². The molecule has 116 valence electrons. The van der Waals surface area contributed by atoms with Crippen LogP contribution < -0.4 is 15.4 Å². The molecule has 2 rings (SSSR count). The summed E-state index contributed by atoms with van der Waals surface area (Å²) < 4.78 is 5.57. The van der Waals surface area contributed by atoms with Gasteiger partial charge in [0, 0.05) is 24.3 Å². The molecule has 0 saturated carbocycles. The Kier molecular flexibility index (Phi) is 5.83. The quantitative estimate of drug-likeness (QED) is 0.814. The number of amides is 1. The third-order valence-electron chi connectivity index (χ3n) is 2.96. The topological polar surface area (TPSA) is 50.4 Å². The Balaban J connectivity index is 1.74. The van der Waals surface area contributed by atoms with Crippen molar-refractivity contribution in [2.75, 3.05) is 17.2 Å². The number of carbonyl (C=O) groups is 1. The van der Waals surface area contributed by atoms with E-state index < -0.39 is 0 Å². The van der Waals surface area contributed by atoms with Crippen molar-refractivity contribution < 1.29 is 9.53 Å². The molecule has 0 unspecified atom stereocenters. The third-order valence-corrected chi connectivity index (χ3v) is 2.96. The minimum atomic E-state index is -0.0130. The van der Waals surface area contributed by atoms with Crippen LogP contribution in [0.3, 0.4) is 0 Å². The van der Waals surface area contributed by atoms with Crippen LogP contribution in [0.5, 0.6) is 5.75 Å². The Morgan fingerprint density at radius 3 is 2.32 bits per heavy atom. The van der Waals surface area contributed by atoms with E-state index in [2.05, 4.69) is 10.6 Å². The van der Waals surface area contributed by atoms with Gasteiger partial charge >= 0.3 is 0 Å². The Labute approximate surface area is 131 Å². The molecule has 0 heterocycles. The number of para-hydroxylation sites is 1. The Morgan fingerprint density at radius 1 is 1.00 bits per heavy atom. The zero-order valence-electron chi connectivity index (χ0n) is 13.0. The highest BCUT2D eigenvalue weighted by atomic mass is 16.5. The Morgan fingerprint density at radius 2 is 1.68 bits per heavy atom. The maximum Gasteiger partial charge on any atom is 0.226 e. The van der Waals surface area contributed by atoms with Crippen LogP contribution in [0.25, 0.3) is 0 Å². The van der Waals surface area contributed by atoms with Crippen molar-refractivity contribution in [3.05, 3.63) is 54.6 Å². The first-order valence-electron chi connectivity index (χ1n) is 7.49. The lowest BCUT2D eigenvalue weighted by Gasteiger charge is -2.11. The first-order chi connectivity index (χ1) is 10.6. The molecule has 0 aliphatic rings. The molecule has 0 atom stereocenters. The zero-order valence-corrected chi connectivity index (χ0v) is 13.0. The van der Waals surface area contributed by atoms with Crippen LogP contribution in [0.15, 0.2) is 54.6 Å². The molecule has 0 radical (unpaired) electrons. The summed E-state index contributed by atoms with van der Waals surface area (Å²) in [4.78, 5) is 11.9. The van der Waals surface area contributed by atoms with Crippen LogP contribution in [0.2, 0.25) is 0 Å². The van der Waals surface area contributed by atoms with E-state index in [1.165, 1.54) is 0 Å². The van der Waals surface area contributed by atoms with Gasteiger partial charge in [0.15, 0.2) is 0 Å². The van der Waals surface area contributed by atoms with Crippen molar-refractivity contribution in [1.82, 2.24) is 0 Å². The predicted molar refractivity (Wildman–Crippen MR) is 90.4 cm³/mol. The number of hydrogen-bond donors (Lipinski definition) is 2. The van der Waals surface area contributed by atoms with Gasteiger partial charge in [0.1, 0.15) is 5.75 Å². The highest BCUT2D eigenvalue weighted by Gasteiger charge is 2.03. The molecular weight excluding hydrogens is 276 g/mol. The zero-order chi connectivity index (χ0) is 15.8. The standard InChI is InChI=1S/C18H22N2O2/c1-14(2)22-17-10-8-16(9-11-17)20-18(21)12-13-19-15-6-4-3-5-7-15/h3-11,14,19H,12-13H2,1-2H3,(H,20,21). The minimum absolute atomic E-state index is 0.0130. The lowest BCUT2D eigenvalue weighted by molar-refractivity contribution is -0.115. The van der Waals surface area contributed by atoms with Crippen LogP contribution in [0, 0.1) is 0 Å². The van der Waals surface area contributed by atoms with Gasteiger partial charge in [0.05, 0.1) is 6.10 Å². The maximum atomic E-state index is 11.9. The molecule has 22 heavy (non-hydrogen) atoms. The van der Waals surface area contributed by atoms with Gasteiger partial charge in [-0.05, 0) is 50.2 Å². The number of carbonyl (C=O) groups excluding carboxylic acids is 1. The predicted octanol–water partition coefficient (Wildman–Crippen LogP) is 3.91. The number of hydrogen-bond acceptors (Lipinski definition) is 3. The summed E-state index contributed by atoms with van der Waals surface area (Å²) >= 11 is 0. The van der Waals surface area contributed by atoms with Crippen LogP contribution in [0.1, 0.15) is 20.3 Å². The van der Waals surface area contributed by atoms with E-state index in [1.54, 1.807) is 0 Å². The van der Waals surface area contributed by atoms with Gasteiger partial charge in [-0.3, -0.25) is 4.79 Å². The van der Waals surface area contributed by atoms with Crippen molar-refractivity contribution >= 4 is 17.3 Å². The highest BCUT2D eigenvalue weighted by Crippen LogP contribution is 2.17. The smallest absolute Gasteiger partial charge is 0.226 e. The first kappa shape index (κ1) is 15.9. The van der Waals surface area contributed by atoms with E-state index >= 15 is 0 Å². The number of ether oxygens (including phenoxy) is 1. The SMILES string of the molecule is CC(C)Oc1ccc(NC(=O)CCNc2ccccc2)cc1. The van der Waals surface area contributed by atoms with E-state index in [9.17, 15) is 4.79 Å². The van der Waals surface area contributed by atoms with Crippen molar-refractivity contribution in [3.63, 3.8) is 0 Å². The van der Waals surface area contributed by atoms with Gasteiger partial charge in [-0.1, -0.05) is 18.2 Å². The summed E-state index contributed by atoms with van der Waals surface area (Å²) in [5.41, 5.74) is 1.80. The lowest BCUT2D eigenvalue weighted by atomic mass is 10.2. The molecule has 2 aromatic rings.